The molecule has 0 bridgehead atoms. The molecule has 0 fully saturated rings. The molecular weight excluding hydrogens is 446 g/mol. The first-order valence-electron chi connectivity index (χ1n) is 10.8. The van der Waals surface area contributed by atoms with Crippen LogP contribution in [0, 0.1) is 0 Å². The lowest BCUT2D eigenvalue weighted by molar-refractivity contribution is -0.143. The van der Waals surface area contributed by atoms with Crippen molar-refractivity contribution in [3.05, 3.63) is 52.5 Å². The van der Waals surface area contributed by atoms with E-state index in [0.717, 1.165) is 5.56 Å². The SMILES string of the molecule is CCOC(=O)CCN(C(=O)c1cc(OC)c2oc(NCc3cccc(Cl)c3)nc2c1)C(C)C. The Kier molecular flexibility index (Phi) is 8.16. The summed E-state index contributed by atoms with van der Waals surface area (Å²) in [5.41, 5.74) is 2.29. The van der Waals surface area contributed by atoms with Gasteiger partial charge in [0.1, 0.15) is 5.52 Å². The lowest BCUT2D eigenvalue weighted by atomic mass is 10.1. The number of carbonyl (C=O) groups is 2. The molecule has 0 spiro atoms. The molecule has 0 unspecified atom stereocenters. The Morgan fingerprint density at radius 3 is 2.70 bits per heavy atom. The van der Waals surface area contributed by atoms with Crippen LogP contribution in [0.5, 0.6) is 5.75 Å². The van der Waals surface area contributed by atoms with Crippen molar-refractivity contribution in [2.24, 2.45) is 0 Å². The molecule has 0 saturated heterocycles. The first-order valence-corrected chi connectivity index (χ1v) is 11.1. The fraction of sp³-hybridized carbons (Fsp3) is 0.375. The van der Waals surface area contributed by atoms with Crippen LogP contribution < -0.4 is 10.1 Å². The van der Waals surface area contributed by atoms with Gasteiger partial charge >= 0.3 is 5.97 Å². The van der Waals surface area contributed by atoms with E-state index in [1.807, 2.05) is 32.0 Å². The number of ether oxygens (including phenoxy) is 2. The van der Waals surface area contributed by atoms with Crippen molar-refractivity contribution in [1.82, 2.24) is 9.88 Å². The fourth-order valence-electron chi connectivity index (χ4n) is 3.38. The molecule has 0 radical (unpaired) electrons. The zero-order valence-corrected chi connectivity index (χ0v) is 19.9. The number of benzene rings is 2. The van der Waals surface area contributed by atoms with Crippen LogP contribution in [0.2, 0.25) is 5.02 Å². The number of amides is 1. The van der Waals surface area contributed by atoms with Crippen LogP contribution in [0.1, 0.15) is 43.1 Å². The third-order valence-electron chi connectivity index (χ3n) is 5.00. The maximum atomic E-state index is 13.2. The monoisotopic (exact) mass is 473 g/mol. The third-order valence-corrected chi connectivity index (χ3v) is 5.24. The van der Waals surface area contributed by atoms with E-state index >= 15 is 0 Å². The Morgan fingerprint density at radius 1 is 1.24 bits per heavy atom. The van der Waals surface area contributed by atoms with Gasteiger partial charge in [0.25, 0.3) is 11.9 Å². The van der Waals surface area contributed by atoms with Gasteiger partial charge in [-0.2, -0.15) is 4.98 Å². The molecule has 0 aliphatic heterocycles. The Hall–Kier alpha value is -3.26. The smallest absolute Gasteiger partial charge is 0.307 e. The summed E-state index contributed by atoms with van der Waals surface area (Å²) in [5, 5.41) is 3.77. The van der Waals surface area contributed by atoms with Gasteiger partial charge in [-0.15, -0.1) is 0 Å². The Labute approximate surface area is 197 Å². The number of methoxy groups -OCH3 is 1. The van der Waals surface area contributed by atoms with Gasteiger partial charge in [0.05, 0.1) is 20.1 Å². The number of aromatic nitrogens is 1. The molecule has 1 aromatic heterocycles. The highest BCUT2D eigenvalue weighted by Gasteiger charge is 2.23. The summed E-state index contributed by atoms with van der Waals surface area (Å²) in [7, 11) is 1.51. The maximum absolute atomic E-state index is 13.2. The van der Waals surface area contributed by atoms with E-state index in [2.05, 4.69) is 10.3 Å². The minimum atomic E-state index is -0.337. The van der Waals surface area contributed by atoms with Crippen molar-refractivity contribution < 1.29 is 23.5 Å². The van der Waals surface area contributed by atoms with Crippen LogP contribution >= 0.6 is 11.6 Å². The van der Waals surface area contributed by atoms with Gasteiger partial charge < -0.3 is 24.1 Å². The lowest BCUT2D eigenvalue weighted by Crippen LogP contribution is -2.38. The van der Waals surface area contributed by atoms with Gasteiger partial charge in [0.2, 0.25) is 0 Å². The van der Waals surface area contributed by atoms with Gasteiger partial charge in [-0.25, -0.2) is 0 Å². The topological polar surface area (TPSA) is 93.9 Å². The third kappa shape index (κ3) is 6.16. The Balaban J connectivity index is 1.82. The van der Waals surface area contributed by atoms with E-state index < -0.39 is 0 Å². The standard InChI is InChI=1S/C24H28ClN3O5/c1-5-32-21(29)9-10-28(15(2)3)23(30)17-12-19-22(20(13-17)31-4)33-24(27-19)26-14-16-7-6-8-18(25)11-16/h6-8,11-13,15H,5,9-10,14H2,1-4H3,(H,26,27). The minimum Gasteiger partial charge on any atom is -0.493 e. The molecule has 2 aromatic carbocycles. The van der Waals surface area contributed by atoms with Crippen molar-refractivity contribution in [1.29, 1.82) is 0 Å². The van der Waals surface area contributed by atoms with Crippen LogP contribution in [-0.2, 0) is 16.1 Å². The van der Waals surface area contributed by atoms with Crippen molar-refractivity contribution in [2.75, 3.05) is 25.6 Å². The number of nitrogens with one attached hydrogen (secondary N) is 1. The average molecular weight is 474 g/mol. The van der Waals surface area contributed by atoms with Crippen LogP contribution in [0.25, 0.3) is 11.1 Å². The number of esters is 1. The maximum Gasteiger partial charge on any atom is 0.307 e. The summed E-state index contributed by atoms with van der Waals surface area (Å²) >= 11 is 6.04. The van der Waals surface area contributed by atoms with Gasteiger partial charge in [0, 0.05) is 29.7 Å². The molecule has 0 aliphatic rings. The molecule has 1 N–H and O–H groups in total. The second kappa shape index (κ2) is 11.0. The predicted molar refractivity (Wildman–Crippen MR) is 127 cm³/mol. The molecule has 3 aromatic rings. The zero-order chi connectivity index (χ0) is 24.0. The number of halogens is 1. The Bertz CT molecular complexity index is 1130. The highest BCUT2D eigenvalue weighted by Crippen LogP contribution is 2.31. The van der Waals surface area contributed by atoms with Crippen LogP contribution in [0.4, 0.5) is 6.01 Å². The van der Waals surface area contributed by atoms with E-state index in [9.17, 15) is 9.59 Å². The van der Waals surface area contributed by atoms with E-state index in [-0.39, 0.29) is 30.9 Å². The normalized spacial score (nSPS) is 11.0. The summed E-state index contributed by atoms with van der Waals surface area (Å²) in [4.78, 5) is 31.1. The molecule has 33 heavy (non-hydrogen) atoms. The van der Waals surface area contributed by atoms with Crippen molar-refractivity contribution in [2.45, 2.75) is 39.8 Å². The average Bonchev–Trinajstić information content (AvgIpc) is 3.20. The molecule has 9 heteroatoms. The van der Waals surface area contributed by atoms with E-state index in [4.69, 9.17) is 25.5 Å². The summed E-state index contributed by atoms with van der Waals surface area (Å²) in [6.45, 7) is 6.57. The number of oxazole rings is 1. The van der Waals surface area contributed by atoms with Crippen LogP contribution in [0.3, 0.4) is 0 Å². The van der Waals surface area contributed by atoms with Gasteiger partial charge in [-0.05, 0) is 50.6 Å². The molecule has 1 amide bonds. The number of nitrogens with zero attached hydrogens (tertiary/aromatic N) is 2. The van der Waals surface area contributed by atoms with E-state index in [1.165, 1.54) is 7.11 Å². The number of rotatable bonds is 10. The summed E-state index contributed by atoms with van der Waals surface area (Å²) in [6, 6.07) is 10.9. The van der Waals surface area contributed by atoms with E-state index in [0.29, 0.717) is 46.6 Å². The van der Waals surface area contributed by atoms with Crippen LogP contribution in [-0.4, -0.2) is 48.1 Å². The predicted octanol–water partition coefficient (Wildman–Crippen LogP) is 4.91. The van der Waals surface area contributed by atoms with Crippen LogP contribution in [0.15, 0.2) is 40.8 Å². The van der Waals surface area contributed by atoms with Gasteiger partial charge in [0.15, 0.2) is 11.3 Å². The Morgan fingerprint density at radius 2 is 2.03 bits per heavy atom. The molecule has 0 aliphatic carbocycles. The number of hydrogen-bond donors (Lipinski definition) is 1. The first-order chi connectivity index (χ1) is 15.8. The number of carbonyl (C=O) groups excluding carboxylic acids is 2. The molecule has 176 valence electrons. The van der Waals surface area contributed by atoms with E-state index in [1.54, 1.807) is 30.0 Å². The molecule has 3 rings (SSSR count). The second-order valence-electron chi connectivity index (χ2n) is 7.68. The summed E-state index contributed by atoms with van der Waals surface area (Å²) < 4.78 is 16.3. The first kappa shape index (κ1) is 24.4. The summed E-state index contributed by atoms with van der Waals surface area (Å²) in [5.74, 6) is -0.171. The highest BCUT2D eigenvalue weighted by atomic mass is 35.5. The molecular formula is C24H28ClN3O5. The molecule has 0 atom stereocenters. The number of fused-ring (bicyclic) bond motifs is 1. The summed E-state index contributed by atoms with van der Waals surface area (Å²) in [6.07, 6.45) is 0.124. The minimum absolute atomic E-state index is 0.110. The molecule has 0 saturated carbocycles. The quantitative estimate of drug-likeness (QED) is 0.418. The van der Waals surface area contributed by atoms with Crippen molar-refractivity contribution in [3.8, 4) is 5.75 Å². The largest absolute Gasteiger partial charge is 0.493 e. The van der Waals surface area contributed by atoms with Crippen molar-refractivity contribution >= 4 is 40.6 Å². The fourth-order valence-corrected chi connectivity index (χ4v) is 3.60. The van der Waals surface area contributed by atoms with Crippen molar-refractivity contribution in [3.63, 3.8) is 0 Å². The molecule has 1 heterocycles. The van der Waals surface area contributed by atoms with Gasteiger partial charge in [-0.3, -0.25) is 9.59 Å². The lowest BCUT2D eigenvalue weighted by Gasteiger charge is -2.26. The van der Waals surface area contributed by atoms with Gasteiger partial charge in [-0.1, -0.05) is 23.7 Å². The number of hydrogen-bond acceptors (Lipinski definition) is 7. The number of anilines is 1. The molecule has 8 nitrogen and oxygen atoms in total. The second-order valence-corrected chi connectivity index (χ2v) is 8.11. The highest BCUT2D eigenvalue weighted by molar-refractivity contribution is 6.30. The zero-order valence-electron chi connectivity index (χ0n) is 19.2.